The molecule has 2 aromatic rings. The first-order chi connectivity index (χ1) is 27.4. The smallest absolute Gasteiger partial charge is 0.416 e. The minimum absolute atomic E-state index is 0.100. The summed E-state index contributed by atoms with van der Waals surface area (Å²) in [6, 6.07) is 4.53. The lowest BCUT2D eigenvalue weighted by Crippen LogP contribution is -2.50. The number of aliphatic hydroxyl groups is 2. The fraction of sp³-hybridized carbons (Fsp3) is 0.415. The lowest BCUT2D eigenvalue weighted by atomic mass is 10.1. The number of hydrogen-bond donors (Lipinski definition) is 2. The van der Waals surface area contributed by atoms with Crippen LogP contribution in [-0.4, -0.2) is 122 Å². The molecule has 4 aliphatic rings. The molecule has 57 heavy (non-hydrogen) atoms. The van der Waals surface area contributed by atoms with E-state index in [0.717, 1.165) is 20.9 Å². The number of amides is 4. The number of nitrogens with zero attached hydrogens (tertiary/aromatic N) is 4. The standard InChI is InChI=1S/C41H48N4O12/c1-7-12-56-40(50)44-28-20-34(32(52-5)18-26(28)36(46)42-22-24(3)16-30(42)38(44)48)54-14-10-9-11-15-55-35-21-29-27(19-33(35)53-6)37(47)43-23-25(4)17-31(43)39(49)45(29)41(51)57-13-8-2/h7-8,18-21,30-31,38-39,48-49H,1-4,9-17,22-23H2,5-6H3/t30-,31-,38-,39-/m0/s1. The van der Waals surface area contributed by atoms with E-state index in [-0.39, 0.29) is 85.0 Å². The molecule has 0 radical (unpaired) electrons. The van der Waals surface area contributed by atoms with Gasteiger partial charge in [-0.2, -0.15) is 0 Å². The Morgan fingerprint density at radius 2 is 1.09 bits per heavy atom. The van der Waals surface area contributed by atoms with Crippen LogP contribution in [-0.2, 0) is 9.47 Å². The molecule has 0 bridgehead atoms. The first-order valence-electron chi connectivity index (χ1n) is 18.6. The molecule has 4 heterocycles. The van der Waals surface area contributed by atoms with E-state index in [2.05, 4.69) is 26.3 Å². The molecule has 4 amide bonds. The molecular weight excluding hydrogens is 740 g/mol. The minimum Gasteiger partial charge on any atom is -0.493 e. The SMILES string of the molecule is C=CCOC(=O)N1c2cc(OCCCCCOc3cc4c(cc3OC)C(=O)N3CC(=C)C[C@H]3[C@H](O)N4C(=O)OCC=C)c(OC)cc2C(=O)N2CC(=C)C[C@H]2[C@@H]1O. The highest BCUT2D eigenvalue weighted by molar-refractivity contribution is 6.07. The van der Waals surface area contributed by atoms with E-state index in [1.807, 2.05) is 0 Å². The third-order valence-electron chi connectivity index (χ3n) is 10.2. The first-order valence-corrected chi connectivity index (χ1v) is 18.6. The van der Waals surface area contributed by atoms with E-state index < -0.39 is 48.5 Å². The minimum atomic E-state index is -1.41. The summed E-state index contributed by atoms with van der Waals surface area (Å²) in [7, 11) is 2.88. The van der Waals surface area contributed by atoms with Crippen LogP contribution in [0.25, 0.3) is 0 Å². The molecule has 0 spiro atoms. The number of carbonyl (C=O) groups is 4. The number of aliphatic hydroxyl groups excluding tert-OH is 2. The van der Waals surface area contributed by atoms with Crippen LogP contribution >= 0.6 is 0 Å². The number of rotatable bonds is 14. The number of fused-ring (bicyclic) bond motifs is 4. The molecular formula is C41H48N4O12. The van der Waals surface area contributed by atoms with Crippen molar-refractivity contribution in [3.05, 3.63) is 85.0 Å². The van der Waals surface area contributed by atoms with Gasteiger partial charge >= 0.3 is 12.2 Å². The lowest BCUT2D eigenvalue weighted by molar-refractivity contribution is 0.0495. The summed E-state index contributed by atoms with van der Waals surface area (Å²) in [5, 5.41) is 22.8. The highest BCUT2D eigenvalue weighted by atomic mass is 16.6. The van der Waals surface area contributed by atoms with E-state index in [1.54, 1.807) is 0 Å². The molecule has 2 saturated heterocycles. The first kappa shape index (κ1) is 40.7. The molecule has 0 unspecified atom stereocenters. The second-order valence-electron chi connectivity index (χ2n) is 14.0. The van der Waals surface area contributed by atoms with Crippen LogP contribution < -0.4 is 28.7 Å². The topological polar surface area (TPSA) is 177 Å². The Balaban J connectivity index is 1.13. The van der Waals surface area contributed by atoms with E-state index >= 15 is 0 Å². The Bertz CT molecular complexity index is 1830. The molecule has 2 N–H and O–H groups in total. The maximum atomic E-state index is 13.7. The molecule has 304 valence electrons. The second kappa shape index (κ2) is 17.4. The van der Waals surface area contributed by atoms with Crippen LogP contribution in [0.15, 0.2) is 73.9 Å². The van der Waals surface area contributed by atoms with Gasteiger partial charge in [0.25, 0.3) is 11.8 Å². The highest BCUT2D eigenvalue weighted by Crippen LogP contribution is 2.43. The summed E-state index contributed by atoms with van der Waals surface area (Å²) in [5.41, 5.74) is 2.01. The molecule has 4 aliphatic heterocycles. The van der Waals surface area contributed by atoms with E-state index in [1.165, 1.54) is 60.4 Å². The summed E-state index contributed by atoms with van der Waals surface area (Å²) in [4.78, 5) is 59.1. The third kappa shape index (κ3) is 8.00. The zero-order valence-electron chi connectivity index (χ0n) is 32.1. The molecule has 16 heteroatoms. The van der Waals surface area contributed by atoms with Crippen molar-refractivity contribution in [3.63, 3.8) is 0 Å². The number of hydrogen-bond acceptors (Lipinski definition) is 12. The van der Waals surface area contributed by atoms with Crippen LogP contribution in [0.5, 0.6) is 23.0 Å². The number of methoxy groups -OCH3 is 2. The molecule has 16 nitrogen and oxygen atoms in total. The molecule has 6 rings (SSSR count). The average Bonchev–Trinajstić information content (AvgIpc) is 3.76. The van der Waals surface area contributed by atoms with Gasteiger partial charge in [-0.05, 0) is 44.2 Å². The van der Waals surface area contributed by atoms with E-state index in [4.69, 9.17) is 28.4 Å². The van der Waals surface area contributed by atoms with Gasteiger partial charge in [0.05, 0.1) is 62.0 Å². The van der Waals surface area contributed by atoms with Crippen molar-refractivity contribution in [2.24, 2.45) is 0 Å². The predicted octanol–water partition coefficient (Wildman–Crippen LogP) is 4.80. The van der Waals surface area contributed by atoms with Gasteiger partial charge in [-0.25, -0.2) is 19.4 Å². The van der Waals surface area contributed by atoms with Gasteiger partial charge < -0.3 is 48.4 Å². The van der Waals surface area contributed by atoms with Gasteiger partial charge in [0.1, 0.15) is 13.2 Å². The monoisotopic (exact) mass is 788 g/mol. The number of unbranched alkanes of at least 4 members (excludes halogenated alkanes) is 2. The Labute approximate surface area is 330 Å². The zero-order chi connectivity index (χ0) is 41.0. The summed E-state index contributed by atoms with van der Waals surface area (Å²) in [6.45, 7) is 15.9. The van der Waals surface area contributed by atoms with Gasteiger partial charge in [0.2, 0.25) is 0 Å². The molecule has 0 aromatic heterocycles. The molecule has 2 fully saturated rings. The van der Waals surface area contributed by atoms with Crippen molar-refractivity contribution < 1.29 is 57.8 Å². The maximum absolute atomic E-state index is 13.7. The van der Waals surface area contributed by atoms with Crippen LogP contribution in [0.3, 0.4) is 0 Å². The van der Waals surface area contributed by atoms with Gasteiger partial charge in [-0.3, -0.25) is 9.59 Å². The quantitative estimate of drug-likeness (QED) is 0.198. The second-order valence-corrected chi connectivity index (χ2v) is 14.0. The Kier molecular flexibility index (Phi) is 12.4. The normalized spacial score (nSPS) is 21.1. The largest absolute Gasteiger partial charge is 0.493 e. The summed E-state index contributed by atoms with van der Waals surface area (Å²) >= 11 is 0. The Hall–Kier alpha value is -6.00. The number of carbonyl (C=O) groups excluding carboxylic acids is 4. The van der Waals surface area contributed by atoms with Gasteiger partial charge in [0.15, 0.2) is 35.5 Å². The van der Waals surface area contributed by atoms with Crippen LogP contribution in [0.4, 0.5) is 21.0 Å². The third-order valence-corrected chi connectivity index (χ3v) is 10.2. The zero-order valence-corrected chi connectivity index (χ0v) is 32.1. The Morgan fingerprint density at radius 3 is 1.46 bits per heavy atom. The van der Waals surface area contributed by atoms with Gasteiger partial charge in [0, 0.05) is 25.2 Å². The summed E-state index contributed by atoms with van der Waals surface area (Å²) in [5.74, 6) is 0.264. The van der Waals surface area contributed by atoms with E-state index in [9.17, 15) is 29.4 Å². The lowest BCUT2D eigenvalue weighted by Gasteiger charge is -2.31. The molecule has 4 atom stereocenters. The van der Waals surface area contributed by atoms with Crippen LogP contribution in [0, 0.1) is 0 Å². The summed E-state index contributed by atoms with van der Waals surface area (Å²) in [6.07, 6.45) is 0.699. The fourth-order valence-electron chi connectivity index (χ4n) is 7.52. The van der Waals surface area contributed by atoms with Crippen molar-refractivity contribution in [1.29, 1.82) is 0 Å². The summed E-state index contributed by atoms with van der Waals surface area (Å²) < 4.78 is 34.0. The van der Waals surface area contributed by atoms with E-state index in [0.29, 0.717) is 32.1 Å². The molecule has 0 aliphatic carbocycles. The van der Waals surface area contributed by atoms with Crippen molar-refractivity contribution in [3.8, 4) is 23.0 Å². The van der Waals surface area contributed by atoms with Crippen LogP contribution in [0.1, 0.15) is 52.8 Å². The Morgan fingerprint density at radius 1 is 0.684 bits per heavy atom. The molecule has 2 aromatic carbocycles. The van der Waals surface area contributed by atoms with Gasteiger partial charge in [-0.1, -0.05) is 49.6 Å². The van der Waals surface area contributed by atoms with Crippen molar-refractivity contribution in [1.82, 2.24) is 9.80 Å². The van der Waals surface area contributed by atoms with Crippen molar-refractivity contribution >= 4 is 35.4 Å². The fourth-order valence-corrected chi connectivity index (χ4v) is 7.52. The number of ether oxygens (including phenoxy) is 6. The predicted molar refractivity (Wildman–Crippen MR) is 208 cm³/mol. The highest BCUT2D eigenvalue weighted by Gasteiger charge is 2.48. The van der Waals surface area contributed by atoms with Gasteiger partial charge in [-0.15, -0.1) is 0 Å². The van der Waals surface area contributed by atoms with Crippen molar-refractivity contribution in [2.45, 2.75) is 56.6 Å². The van der Waals surface area contributed by atoms with Crippen molar-refractivity contribution in [2.75, 3.05) is 63.5 Å². The average molecular weight is 789 g/mol. The maximum Gasteiger partial charge on any atom is 0.416 e. The van der Waals surface area contributed by atoms with Crippen LogP contribution in [0.2, 0.25) is 0 Å². The molecule has 0 saturated carbocycles. The number of anilines is 2. The number of benzene rings is 2.